The topological polar surface area (TPSA) is 51.0 Å². The number of fused-ring (bicyclic) bond motifs is 1. The first-order chi connectivity index (χ1) is 14.6. The van der Waals surface area contributed by atoms with Crippen molar-refractivity contribution in [3.05, 3.63) is 53.9 Å². The minimum absolute atomic E-state index is 0.334. The van der Waals surface area contributed by atoms with E-state index >= 15 is 0 Å². The molecule has 1 amide bonds. The molecule has 0 bridgehead atoms. The van der Waals surface area contributed by atoms with Crippen molar-refractivity contribution in [2.24, 2.45) is 11.3 Å². The van der Waals surface area contributed by atoms with Crippen LogP contribution in [0.2, 0.25) is 0 Å². The molecule has 0 N–H and O–H groups in total. The van der Waals surface area contributed by atoms with E-state index in [0.29, 0.717) is 23.2 Å². The Bertz CT molecular complexity index is 1110. The highest BCUT2D eigenvalue weighted by Gasteiger charge is 2.61. The lowest BCUT2D eigenvalue weighted by Gasteiger charge is -2.34. The average Bonchev–Trinajstić information content (AvgIpc) is 3.46. The van der Waals surface area contributed by atoms with E-state index in [0.717, 1.165) is 60.5 Å². The van der Waals surface area contributed by atoms with Gasteiger partial charge >= 0.3 is 0 Å². The molecule has 3 aliphatic rings. The lowest BCUT2D eigenvalue weighted by Crippen LogP contribution is -2.40. The lowest BCUT2D eigenvalue weighted by atomic mass is 9.79. The zero-order valence-electron chi connectivity index (χ0n) is 17.6. The molecular weight excluding hydrogens is 372 g/mol. The molecule has 1 unspecified atom stereocenters. The molecule has 6 rings (SSSR count). The van der Waals surface area contributed by atoms with E-state index in [-0.39, 0.29) is 0 Å². The number of aryl methyl sites for hydroxylation is 1. The summed E-state index contributed by atoms with van der Waals surface area (Å²) in [6.07, 6.45) is 7.02. The summed E-state index contributed by atoms with van der Waals surface area (Å²) >= 11 is 0. The van der Waals surface area contributed by atoms with Crippen molar-refractivity contribution in [1.29, 1.82) is 0 Å². The van der Waals surface area contributed by atoms with Crippen LogP contribution in [0.15, 0.2) is 42.5 Å². The maximum atomic E-state index is 12.9. The van der Waals surface area contributed by atoms with E-state index in [9.17, 15) is 4.79 Å². The van der Waals surface area contributed by atoms with Gasteiger partial charge in [-0.2, -0.15) is 5.10 Å². The molecule has 1 atom stereocenters. The molecule has 5 nitrogen and oxygen atoms in total. The second-order valence-corrected chi connectivity index (χ2v) is 9.51. The van der Waals surface area contributed by atoms with Crippen LogP contribution in [0.3, 0.4) is 0 Å². The second kappa shape index (κ2) is 6.66. The molecule has 1 aliphatic heterocycles. The zero-order valence-corrected chi connectivity index (χ0v) is 17.6. The fraction of sp³-hybridized carbons (Fsp3) is 0.480. The number of amides is 1. The molecular formula is C25H28N4O. The summed E-state index contributed by atoms with van der Waals surface area (Å²) in [6.45, 7) is 3.78. The van der Waals surface area contributed by atoms with Gasteiger partial charge in [0.1, 0.15) is 0 Å². The van der Waals surface area contributed by atoms with Gasteiger partial charge in [0.05, 0.1) is 11.4 Å². The van der Waals surface area contributed by atoms with Gasteiger partial charge in [0.25, 0.3) is 0 Å². The van der Waals surface area contributed by atoms with Gasteiger partial charge in [0.15, 0.2) is 5.65 Å². The number of para-hydroxylation sites is 1. The fourth-order valence-electron chi connectivity index (χ4n) is 5.63. The number of aromatic nitrogens is 3. The van der Waals surface area contributed by atoms with Crippen molar-refractivity contribution in [2.75, 3.05) is 13.1 Å². The van der Waals surface area contributed by atoms with Crippen molar-refractivity contribution in [3.8, 4) is 5.69 Å². The van der Waals surface area contributed by atoms with E-state index in [4.69, 9.17) is 10.1 Å². The minimum atomic E-state index is 0.334. The summed E-state index contributed by atoms with van der Waals surface area (Å²) in [7, 11) is 0. The number of carbonyl (C=O) groups is 1. The van der Waals surface area contributed by atoms with Crippen LogP contribution >= 0.6 is 0 Å². The molecule has 2 aromatic heterocycles. The van der Waals surface area contributed by atoms with Crippen molar-refractivity contribution in [1.82, 2.24) is 19.7 Å². The van der Waals surface area contributed by atoms with Gasteiger partial charge in [0, 0.05) is 36.0 Å². The third-order valence-electron chi connectivity index (χ3n) is 7.80. The Kier molecular flexibility index (Phi) is 4.02. The molecule has 1 spiro atoms. The van der Waals surface area contributed by atoms with Gasteiger partial charge in [-0.05, 0) is 68.7 Å². The molecule has 1 aromatic carbocycles. The van der Waals surface area contributed by atoms with Crippen molar-refractivity contribution in [2.45, 2.75) is 51.4 Å². The van der Waals surface area contributed by atoms with Crippen LogP contribution in [0.25, 0.3) is 16.7 Å². The predicted octanol–water partition coefficient (Wildman–Crippen LogP) is 4.63. The Labute approximate surface area is 177 Å². The van der Waals surface area contributed by atoms with Crippen LogP contribution in [0.5, 0.6) is 0 Å². The molecule has 1 saturated heterocycles. The Balaban J connectivity index is 1.21. The normalized spacial score (nSPS) is 23.0. The van der Waals surface area contributed by atoms with E-state index < -0.39 is 0 Å². The van der Waals surface area contributed by atoms with Gasteiger partial charge in [-0.3, -0.25) is 4.79 Å². The zero-order chi connectivity index (χ0) is 20.3. The van der Waals surface area contributed by atoms with Crippen molar-refractivity contribution < 1.29 is 4.79 Å². The van der Waals surface area contributed by atoms with Crippen molar-refractivity contribution >= 4 is 16.9 Å². The smallest absolute Gasteiger partial charge is 0.226 e. The largest absolute Gasteiger partial charge is 0.342 e. The van der Waals surface area contributed by atoms with E-state index in [2.05, 4.69) is 29.2 Å². The molecule has 30 heavy (non-hydrogen) atoms. The van der Waals surface area contributed by atoms with Crippen LogP contribution in [0.4, 0.5) is 0 Å². The number of nitrogens with zero attached hydrogens (tertiary/aromatic N) is 4. The van der Waals surface area contributed by atoms with Crippen LogP contribution in [-0.4, -0.2) is 38.7 Å². The van der Waals surface area contributed by atoms with E-state index in [1.54, 1.807) is 0 Å². The summed E-state index contributed by atoms with van der Waals surface area (Å²) < 4.78 is 1.96. The van der Waals surface area contributed by atoms with Crippen LogP contribution in [0.1, 0.15) is 55.8 Å². The first-order valence-corrected chi connectivity index (χ1v) is 11.4. The number of hydrogen-bond donors (Lipinski definition) is 0. The van der Waals surface area contributed by atoms with Gasteiger partial charge in [0.2, 0.25) is 5.91 Å². The maximum absolute atomic E-state index is 12.9. The van der Waals surface area contributed by atoms with Crippen LogP contribution in [0, 0.1) is 18.3 Å². The summed E-state index contributed by atoms with van der Waals surface area (Å²) in [5, 5.41) is 5.84. The second-order valence-electron chi connectivity index (χ2n) is 9.51. The SMILES string of the molecule is Cc1nn(-c2ccccc2)c2nc(C3CCN(C(=O)C4CC45CCC5)CC3)ccc12. The number of carbonyl (C=O) groups excluding carboxylic acids is 1. The van der Waals surface area contributed by atoms with E-state index in [1.165, 1.54) is 19.3 Å². The van der Waals surface area contributed by atoms with Gasteiger partial charge in [-0.25, -0.2) is 9.67 Å². The first kappa shape index (κ1) is 18.1. The summed E-state index contributed by atoms with van der Waals surface area (Å²) in [6, 6.07) is 14.5. The molecule has 3 heterocycles. The minimum Gasteiger partial charge on any atom is -0.342 e. The number of rotatable bonds is 3. The number of likely N-dealkylation sites (tertiary alicyclic amines) is 1. The summed E-state index contributed by atoms with van der Waals surface area (Å²) in [4.78, 5) is 20.1. The van der Waals surface area contributed by atoms with Gasteiger partial charge in [-0.15, -0.1) is 0 Å². The highest BCUT2D eigenvalue weighted by atomic mass is 16.2. The summed E-state index contributed by atoms with van der Waals surface area (Å²) in [5.74, 6) is 1.17. The Morgan fingerprint density at radius 3 is 2.50 bits per heavy atom. The Hall–Kier alpha value is -2.69. The monoisotopic (exact) mass is 400 g/mol. The van der Waals surface area contributed by atoms with Crippen LogP contribution in [-0.2, 0) is 4.79 Å². The fourth-order valence-corrected chi connectivity index (χ4v) is 5.63. The third kappa shape index (κ3) is 2.78. The maximum Gasteiger partial charge on any atom is 0.226 e. The van der Waals surface area contributed by atoms with Crippen LogP contribution < -0.4 is 0 Å². The van der Waals surface area contributed by atoms with E-state index in [1.807, 2.05) is 29.8 Å². The molecule has 3 fully saturated rings. The first-order valence-electron chi connectivity index (χ1n) is 11.4. The molecule has 0 radical (unpaired) electrons. The number of benzene rings is 1. The van der Waals surface area contributed by atoms with Crippen molar-refractivity contribution in [3.63, 3.8) is 0 Å². The third-order valence-corrected chi connectivity index (χ3v) is 7.80. The molecule has 154 valence electrons. The summed E-state index contributed by atoms with van der Waals surface area (Å²) in [5.41, 5.74) is 4.53. The number of pyridine rings is 1. The molecule has 3 aromatic rings. The highest BCUT2D eigenvalue weighted by molar-refractivity contribution is 5.83. The quantitative estimate of drug-likeness (QED) is 0.644. The average molecular weight is 401 g/mol. The lowest BCUT2D eigenvalue weighted by molar-refractivity contribution is -0.135. The standard InChI is InChI=1S/C25H28N4O/c1-17-20-8-9-22(26-23(20)29(27-17)19-6-3-2-4-7-19)18-10-14-28(15-11-18)24(30)21-16-25(21)12-5-13-25/h2-4,6-9,18,21H,5,10-16H2,1H3. The van der Waals surface area contributed by atoms with Gasteiger partial charge < -0.3 is 4.90 Å². The Morgan fingerprint density at radius 1 is 1.07 bits per heavy atom. The number of piperidine rings is 1. The molecule has 5 heteroatoms. The predicted molar refractivity (Wildman–Crippen MR) is 117 cm³/mol. The molecule has 2 aliphatic carbocycles. The Morgan fingerprint density at radius 2 is 1.83 bits per heavy atom. The number of hydrogen-bond acceptors (Lipinski definition) is 3. The highest BCUT2D eigenvalue weighted by Crippen LogP contribution is 2.66. The van der Waals surface area contributed by atoms with Gasteiger partial charge in [-0.1, -0.05) is 24.6 Å². The molecule has 2 saturated carbocycles.